The molecule has 0 bridgehead atoms. The van der Waals surface area contributed by atoms with Gasteiger partial charge >= 0.3 is 15.2 Å². The van der Waals surface area contributed by atoms with Crippen LogP contribution in [-0.2, 0) is 85.8 Å². The molecule has 0 unspecified atom stereocenters. The molecule has 1 aliphatic carbocycles. The molecule has 1 heterocycles. The molecule has 1 aliphatic heterocycles. The minimum Gasteiger partial charge on any atom is -0.382 e. The van der Waals surface area contributed by atoms with E-state index in [1.54, 1.807) is 146 Å². The van der Waals surface area contributed by atoms with Crippen LogP contribution in [0.2, 0.25) is 0 Å². The molecule has 0 aromatic heterocycles. The Morgan fingerprint density at radius 2 is 0.721 bits per heavy atom. The molecule has 2 fully saturated rings. The lowest BCUT2D eigenvalue weighted by atomic mass is 9.53. The smallest absolute Gasteiger partial charge is 0.369 e. The van der Waals surface area contributed by atoms with Crippen molar-refractivity contribution >= 4 is 21.0 Å². The summed E-state index contributed by atoms with van der Waals surface area (Å²) in [6.45, 7) is -3.76. The van der Waals surface area contributed by atoms with Crippen molar-refractivity contribution in [3.63, 3.8) is 0 Å². The van der Waals surface area contributed by atoms with Crippen LogP contribution in [0.1, 0.15) is 33.4 Å². The first-order valence-electron chi connectivity index (χ1n) is 21.7. The van der Waals surface area contributed by atoms with Gasteiger partial charge < -0.3 is 48.4 Å². The van der Waals surface area contributed by atoms with E-state index in [0.29, 0.717) is 22.3 Å². The zero-order chi connectivity index (χ0) is 48.2. The summed E-state index contributed by atoms with van der Waals surface area (Å²) in [5, 5.41) is 62.2. The van der Waals surface area contributed by atoms with E-state index in [1.165, 1.54) is 36.4 Å². The molecular formula is C51H52O15P2. The van der Waals surface area contributed by atoms with E-state index in [9.17, 15) is 25.5 Å². The van der Waals surface area contributed by atoms with Crippen molar-refractivity contribution in [1.82, 2.24) is 0 Å². The fourth-order valence-electron chi connectivity index (χ4n) is 9.16. The number of ether oxygens (including phenoxy) is 1. The summed E-state index contributed by atoms with van der Waals surface area (Å²) in [5.41, 5.74) is -9.72. The number of ketones is 1. The number of benzene rings is 6. The van der Waals surface area contributed by atoms with Crippen molar-refractivity contribution in [3.05, 3.63) is 215 Å². The highest BCUT2D eigenvalue weighted by molar-refractivity contribution is 7.60. The summed E-state index contributed by atoms with van der Waals surface area (Å²) in [7, 11) is -11.1. The molecule has 6 atom stereocenters. The summed E-state index contributed by atoms with van der Waals surface area (Å²) in [6.07, 6.45) is -2.18. The van der Waals surface area contributed by atoms with Crippen molar-refractivity contribution in [2.75, 3.05) is 13.7 Å². The molecule has 68 heavy (non-hydrogen) atoms. The van der Waals surface area contributed by atoms with Crippen molar-refractivity contribution < 1.29 is 72.1 Å². The van der Waals surface area contributed by atoms with Crippen molar-refractivity contribution in [2.24, 2.45) is 0 Å². The number of carbonyl (C=O) groups is 1. The van der Waals surface area contributed by atoms with Crippen LogP contribution in [0, 0.1) is 0 Å². The van der Waals surface area contributed by atoms with Crippen LogP contribution in [-0.4, -0.2) is 78.3 Å². The van der Waals surface area contributed by atoms with E-state index in [1.807, 2.05) is 0 Å². The first-order chi connectivity index (χ1) is 32.7. The van der Waals surface area contributed by atoms with E-state index in [4.69, 9.17) is 32.6 Å². The van der Waals surface area contributed by atoms with E-state index in [-0.39, 0.29) is 11.1 Å². The van der Waals surface area contributed by atoms with Gasteiger partial charge in [0.1, 0.15) is 6.61 Å². The van der Waals surface area contributed by atoms with E-state index >= 15 is 13.9 Å². The molecule has 2 aliphatic rings. The second kappa shape index (κ2) is 19.8. The Kier molecular flexibility index (Phi) is 14.4. The fourth-order valence-corrected chi connectivity index (χ4v) is 14.6. The van der Waals surface area contributed by atoms with Crippen LogP contribution in [0.15, 0.2) is 182 Å². The summed E-state index contributed by atoms with van der Waals surface area (Å²) in [6, 6.07) is 47.9. The lowest BCUT2D eigenvalue weighted by Gasteiger charge is -2.74. The number of carbonyl (C=O) groups excluding carboxylic acids is 1. The van der Waals surface area contributed by atoms with Gasteiger partial charge in [0, 0.05) is 20.0 Å². The molecule has 1 saturated heterocycles. The second-order valence-electron chi connectivity index (χ2n) is 16.8. The fraction of sp³-hybridized carbons (Fsp3) is 0.275. The molecule has 15 nitrogen and oxygen atoms in total. The highest BCUT2D eigenvalue weighted by Gasteiger charge is 3.03. The van der Waals surface area contributed by atoms with Gasteiger partial charge in [-0.2, -0.15) is 4.89 Å². The first-order valence-corrected chi connectivity index (χ1v) is 24.8. The number of methoxy groups -OCH3 is 1. The van der Waals surface area contributed by atoms with Crippen LogP contribution in [0.5, 0.6) is 0 Å². The van der Waals surface area contributed by atoms with E-state index in [2.05, 4.69) is 0 Å². The van der Waals surface area contributed by atoms with Crippen molar-refractivity contribution in [2.45, 2.75) is 72.5 Å². The predicted octanol–water partition coefficient (Wildman–Crippen LogP) is 7.18. The Morgan fingerprint density at radius 1 is 0.441 bits per heavy atom. The lowest BCUT2D eigenvalue weighted by molar-refractivity contribution is -0.657. The monoisotopic (exact) mass is 966 g/mol. The minimum atomic E-state index is -6.13. The Labute approximate surface area is 393 Å². The van der Waals surface area contributed by atoms with Crippen LogP contribution >= 0.6 is 15.2 Å². The third-order valence-electron chi connectivity index (χ3n) is 12.6. The maximum atomic E-state index is 17.0. The third kappa shape index (κ3) is 8.06. The molecule has 0 radical (unpaired) electrons. The SMILES string of the molecule is COCC(=O)[C@]12OO[C@]1(O)[C@](O)(Cc1ccccc1)[C@@](O)(P(=O)(OCc1ccccc1)OCc1ccccc1)[C@](O)(P(=O)(OCc1ccccc1)OCc1ccccc1)[C@@]2(O)Cc1ccccc1. The molecular weight excluding hydrogens is 914 g/mol. The van der Waals surface area contributed by atoms with Crippen LogP contribution < -0.4 is 0 Å². The van der Waals surface area contributed by atoms with Gasteiger partial charge in [0.2, 0.25) is 16.5 Å². The van der Waals surface area contributed by atoms with Gasteiger partial charge in [0.25, 0.3) is 11.4 Å². The van der Waals surface area contributed by atoms with Crippen molar-refractivity contribution in [1.29, 1.82) is 0 Å². The molecule has 0 spiro atoms. The van der Waals surface area contributed by atoms with Gasteiger partial charge in [-0.15, -0.1) is 0 Å². The summed E-state index contributed by atoms with van der Waals surface area (Å²) in [4.78, 5) is 26.3. The highest BCUT2D eigenvalue weighted by atomic mass is 31.2. The molecule has 0 amide bonds. The molecule has 8 rings (SSSR count). The normalized spacial score (nSPS) is 26.9. The molecule has 6 aromatic carbocycles. The maximum absolute atomic E-state index is 17.0. The summed E-state index contributed by atoms with van der Waals surface area (Å²) in [5.74, 6) is -5.15. The van der Waals surface area contributed by atoms with Crippen molar-refractivity contribution in [3.8, 4) is 0 Å². The minimum absolute atomic E-state index is 0.0594. The Balaban J connectivity index is 1.51. The molecule has 5 N–H and O–H groups in total. The number of aliphatic hydroxyl groups is 5. The lowest BCUT2D eigenvalue weighted by Crippen LogP contribution is -3.01. The first kappa shape index (κ1) is 49.4. The van der Waals surface area contributed by atoms with Crippen LogP contribution in [0.25, 0.3) is 0 Å². The number of Topliss-reactive ketones (excluding diaryl/α,β-unsaturated/α-hetero) is 1. The Morgan fingerprint density at radius 3 is 1.00 bits per heavy atom. The number of fused-ring (bicyclic) bond motifs is 1. The Bertz CT molecular complexity index is 2630. The Hall–Kier alpha value is -5.03. The number of hydrogen-bond donors (Lipinski definition) is 5. The molecule has 1 saturated carbocycles. The largest absolute Gasteiger partial charge is 0.382 e. The average molecular weight is 967 g/mol. The quantitative estimate of drug-likeness (QED) is 0.0357. The van der Waals surface area contributed by atoms with Gasteiger partial charge in [-0.25, -0.2) is 4.89 Å². The number of hydrogen-bond acceptors (Lipinski definition) is 15. The van der Waals surface area contributed by atoms with Gasteiger partial charge in [-0.05, 0) is 33.4 Å². The van der Waals surface area contributed by atoms with Crippen LogP contribution in [0.3, 0.4) is 0 Å². The van der Waals surface area contributed by atoms with Gasteiger partial charge in [-0.1, -0.05) is 182 Å². The number of rotatable bonds is 21. The summed E-state index contributed by atoms with van der Waals surface area (Å²) < 4.78 is 64.4. The van der Waals surface area contributed by atoms with E-state index < -0.39 is 100 Å². The zero-order valence-corrected chi connectivity index (χ0v) is 38.8. The molecule has 356 valence electrons. The third-order valence-corrected chi connectivity index (χ3v) is 17.6. The molecule has 6 aromatic rings. The van der Waals surface area contributed by atoms with Gasteiger partial charge in [0.05, 0.1) is 26.4 Å². The van der Waals surface area contributed by atoms with Crippen LogP contribution in [0.4, 0.5) is 0 Å². The standard InChI is InChI=1S/C51H52O15P2/c1-60-38-45(52)48-46(53,32-39-20-8-2-9-21-39)50(56,67(58,61-34-41-24-12-4-13-25-41)62-35-42-26-14-5-15-27-42)51(57,47(54,49(48,55)66-65-48)33-40-22-10-3-11-23-40)68(59,63-36-43-28-16-6-17-29-43)64-37-44-30-18-7-19-31-44/h2-31,53-57H,32-38H2,1H3/t46-,47-,48-,49-,50-,51-/m1/s1. The van der Waals surface area contributed by atoms with E-state index in [0.717, 1.165) is 7.11 Å². The predicted molar refractivity (Wildman–Crippen MR) is 247 cm³/mol. The van der Waals surface area contributed by atoms with Gasteiger partial charge in [-0.3, -0.25) is 13.9 Å². The summed E-state index contributed by atoms with van der Waals surface area (Å²) >= 11 is 0. The topological polar surface area (TPSA) is 217 Å². The second-order valence-corrected chi connectivity index (χ2v) is 21.1. The van der Waals surface area contributed by atoms with Gasteiger partial charge in [0.15, 0.2) is 11.2 Å². The maximum Gasteiger partial charge on any atom is 0.369 e. The average Bonchev–Trinajstić information content (AvgIpc) is 3.36. The highest BCUT2D eigenvalue weighted by Crippen LogP contribution is 2.85. The molecule has 17 heteroatoms. The zero-order valence-electron chi connectivity index (χ0n) is 37.0.